The maximum absolute atomic E-state index is 12.2. The first kappa shape index (κ1) is 14.8. The molecule has 1 aromatic rings. The summed E-state index contributed by atoms with van der Waals surface area (Å²) in [6.45, 7) is 3.11. The summed E-state index contributed by atoms with van der Waals surface area (Å²) in [4.78, 5) is 16.1. The Labute approximate surface area is 112 Å². The maximum Gasteiger partial charge on any atom is 0.260 e. The van der Waals surface area contributed by atoms with Gasteiger partial charge >= 0.3 is 0 Å². The van der Waals surface area contributed by atoms with Gasteiger partial charge in [-0.05, 0) is 26.0 Å². The SMILES string of the molecule is CN=C(C)C(C(=O)Nc1ccccc1OC)=C(C)O. The zero-order chi connectivity index (χ0) is 14.4. The molecule has 0 unspecified atom stereocenters. The average molecular weight is 262 g/mol. The van der Waals surface area contributed by atoms with Gasteiger partial charge in [-0.25, -0.2) is 0 Å². The van der Waals surface area contributed by atoms with E-state index in [0.717, 1.165) is 0 Å². The molecule has 0 fully saturated rings. The molecule has 5 nitrogen and oxygen atoms in total. The number of aliphatic imine (C=N–C) groups is 1. The summed E-state index contributed by atoms with van der Waals surface area (Å²) in [7, 11) is 3.09. The molecule has 0 saturated heterocycles. The van der Waals surface area contributed by atoms with Crippen LogP contribution in [-0.4, -0.2) is 30.9 Å². The highest BCUT2D eigenvalue weighted by Gasteiger charge is 2.17. The Morgan fingerprint density at radius 3 is 2.47 bits per heavy atom. The van der Waals surface area contributed by atoms with Gasteiger partial charge in [0, 0.05) is 12.8 Å². The predicted molar refractivity (Wildman–Crippen MR) is 76.0 cm³/mol. The molecule has 0 atom stereocenters. The highest BCUT2D eigenvalue weighted by atomic mass is 16.5. The van der Waals surface area contributed by atoms with Crippen molar-refractivity contribution in [3.05, 3.63) is 35.6 Å². The molecule has 0 bridgehead atoms. The minimum atomic E-state index is -0.424. The molecule has 5 heteroatoms. The van der Waals surface area contributed by atoms with Crippen molar-refractivity contribution in [1.29, 1.82) is 0 Å². The number of amides is 1. The first-order valence-corrected chi connectivity index (χ1v) is 5.79. The normalized spacial score (nSPS) is 12.7. The van der Waals surface area contributed by atoms with Gasteiger partial charge in [0.2, 0.25) is 0 Å². The predicted octanol–water partition coefficient (Wildman–Crippen LogP) is 2.56. The molecule has 0 saturated carbocycles. The number of allylic oxidation sites excluding steroid dienone is 1. The molecule has 1 amide bonds. The number of carbonyl (C=O) groups is 1. The Morgan fingerprint density at radius 1 is 1.32 bits per heavy atom. The van der Waals surface area contributed by atoms with Crippen molar-refractivity contribution in [2.24, 2.45) is 4.99 Å². The first-order valence-electron chi connectivity index (χ1n) is 5.79. The molecule has 0 aliphatic rings. The van der Waals surface area contributed by atoms with E-state index >= 15 is 0 Å². The van der Waals surface area contributed by atoms with E-state index < -0.39 is 5.91 Å². The number of ether oxygens (including phenoxy) is 1. The number of hydrogen-bond acceptors (Lipinski definition) is 4. The summed E-state index contributed by atoms with van der Waals surface area (Å²) in [5.74, 6) is 0.0555. The zero-order valence-electron chi connectivity index (χ0n) is 11.5. The number of nitrogens with one attached hydrogen (secondary N) is 1. The lowest BCUT2D eigenvalue weighted by Gasteiger charge is -2.12. The van der Waals surface area contributed by atoms with Gasteiger partial charge in [0.05, 0.1) is 18.4 Å². The molecular formula is C14H18N2O3. The second-order valence-electron chi connectivity index (χ2n) is 3.92. The smallest absolute Gasteiger partial charge is 0.260 e. The molecule has 19 heavy (non-hydrogen) atoms. The van der Waals surface area contributed by atoms with Crippen LogP contribution in [0.5, 0.6) is 5.75 Å². The van der Waals surface area contributed by atoms with Crippen LogP contribution in [-0.2, 0) is 4.79 Å². The summed E-state index contributed by atoms with van der Waals surface area (Å²) in [6, 6.07) is 7.06. The van der Waals surface area contributed by atoms with Crippen LogP contribution in [0.2, 0.25) is 0 Å². The molecule has 0 aromatic heterocycles. The number of nitrogens with zero attached hydrogens (tertiary/aromatic N) is 1. The summed E-state index contributed by atoms with van der Waals surface area (Å²) in [5.41, 5.74) is 1.17. The lowest BCUT2D eigenvalue weighted by atomic mass is 10.1. The third-order valence-electron chi connectivity index (χ3n) is 2.64. The largest absolute Gasteiger partial charge is 0.512 e. The van der Waals surface area contributed by atoms with Gasteiger partial charge in [0.1, 0.15) is 11.5 Å². The lowest BCUT2D eigenvalue weighted by Crippen LogP contribution is -2.21. The van der Waals surface area contributed by atoms with Crippen LogP contribution in [0.1, 0.15) is 13.8 Å². The molecule has 0 aliphatic heterocycles. The van der Waals surface area contributed by atoms with Crippen molar-refractivity contribution in [2.45, 2.75) is 13.8 Å². The van der Waals surface area contributed by atoms with Crippen molar-refractivity contribution < 1.29 is 14.6 Å². The first-order chi connectivity index (χ1) is 9.01. The molecule has 1 aromatic carbocycles. The van der Waals surface area contributed by atoms with Crippen LogP contribution in [0.4, 0.5) is 5.69 Å². The fourth-order valence-corrected chi connectivity index (χ4v) is 1.63. The number of methoxy groups -OCH3 is 1. The van der Waals surface area contributed by atoms with Crippen molar-refractivity contribution in [3.63, 3.8) is 0 Å². The molecular weight excluding hydrogens is 244 g/mol. The van der Waals surface area contributed by atoms with Crippen molar-refractivity contribution in [2.75, 3.05) is 19.5 Å². The Bertz CT molecular complexity index is 529. The van der Waals surface area contributed by atoms with Gasteiger partial charge in [-0.15, -0.1) is 0 Å². The van der Waals surface area contributed by atoms with Crippen LogP contribution in [0.25, 0.3) is 0 Å². The van der Waals surface area contributed by atoms with E-state index in [1.54, 1.807) is 38.2 Å². The maximum atomic E-state index is 12.2. The number of aliphatic hydroxyl groups excluding tert-OH is 1. The molecule has 0 radical (unpaired) electrons. The van der Waals surface area contributed by atoms with Crippen LogP contribution >= 0.6 is 0 Å². The van der Waals surface area contributed by atoms with E-state index in [0.29, 0.717) is 17.1 Å². The zero-order valence-corrected chi connectivity index (χ0v) is 11.5. The Hall–Kier alpha value is -2.30. The Morgan fingerprint density at radius 2 is 1.95 bits per heavy atom. The van der Waals surface area contributed by atoms with E-state index in [-0.39, 0.29) is 11.3 Å². The molecule has 2 N–H and O–H groups in total. The Kier molecular flexibility index (Phi) is 5.11. The van der Waals surface area contributed by atoms with E-state index in [1.807, 2.05) is 0 Å². The summed E-state index contributed by atoms with van der Waals surface area (Å²) < 4.78 is 5.15. The number of aliphatic hydroxyl groups is 1. The summed E-state index contributed by atoms with van der Waals surface area (Å²) in [5, 5.41) is 12.3. The number of para-hydroxylation sites is 2. The number of anilines is 1. The highest BCUT2D eigenvalue weighted by molar-refractivity contribution is 6.25. The number of hydrogen-bond donors (Lipinski definition) is 2. The van der Waals surface area contributed by atoms with E-state index in [4.69, 9.17) is 4.74 Å². The van der Waals surface area contributed by atoms with Crippen molar-refractivity contribution in [1.82, 2.24) is 0 Å². The van der Waals surface area contributed by atoms with Gasteiger partial charge in [-0.2, -0.15) is 0 Å². The molecule has 102 valence electrons. The van der Waals surface area contributed by atoms with Gasteiger partial charge in [-0.1, -0.05) is 12.1 Å². The number of carbonyl (C=O) groups excluding carboxylic acids is 1. The van der Waals surface area contributed by atoms with Crippen LogP contribution in [0.3, 0.4) is 0 Å². The second-order valence-corrected chi connectivity index (χ2v) is 3.92. The van der Waals surface area contributed by atoms with E-state index in [1.165, 1.54) is 14.0 Å². The van der Waals surface area contributed by atoms with Crippen molar-refractivity contribution >= 4 is 17.3 Å². The second kappa shape index (κ2) is 6.58. The minimum Gasteiger partial charge on any atom is -0.512 e. The van der Waals surface area contributed by atoms with Crippen LogP contribution < -0.4 is 10.1 Å². The topological polar surface area (TPSA) is 70.9 Å². The highest BCUT2D eigenvalue weighted by Crippen LogP contribution is 2.23. The van der Waals surface area contributed by atoms with E-state index in [2.05, 4.69) is 10.3 Å². The Balaban J connectivity index is 3.05. The van der Waals surface area contributed by atoms with Gasteiger partial charge in [-0.3, -0.25) is 9.79 Å². The molecule has 0 aliphatic carbocycles. The van der Waals surface area contributed by atoms with Gasteiger partial charge in [0.15, 0.2) is 0 Å². The quantitative estimate of drug-likeness (QED) is 0.497. The molecule has 1 rings (SSSR count). The molecule has 0 spiro atoms. The number of benzene rings is 1. The lowest BCUT2D eigenvalue weighted by molar-refractivity contribution is -0.112. The summed E-state index contributed by atoms with van der Waals surface area (Å²) in [6.07, 6.45) is 0. The average Bonchev–Trinajstić information content (AvgIpc) is 2.38. The monoisotopic (exact) mass is 262 g/mol. The molecule has 0 heterocycles. The fraction of sp³-hybridized carbons (Fsp3) is 0.286. The van der Waals surface area contributed by atoms with E-state index in [9.17, 15) is 9.90 Å². The van der Waals surface area contributed by atoms with Crippen LogP contribution in [0.15, 0.2) is 40.6 Å². The van der Waals surface area contributed by atoms with Gasteiger partial charge < -0.3 is 15.2 Å². The van der Waals surface area contributed by atoms with Crippen LogP contribution in [0, 0.1) is 0 Å². The third-order valence-corrected chi connectivity index (χ3v) is 2.64. The minimum absolute atomic E-state index is 0.0736. The third kappa shape index (κ3) is 3.58. The summed E-state index contributed by atoms with van der Waals surface area (Å²) >= 11 is 0. The van der Waals surface area contributed by atoms with Crippen molar-refractivity contribution in [3.8, 4) is 5.75 Å². The number of rotatable bonds is 4. The van der Waals surface area contributed by atoms with Gasteiger partial charge in [0.25, 0.3) is 5.91 Å². The fourth-order valence-electron chi connectivity index (χ4n) is 1.63. The standard InChI is InChI=1S/C14H18N2O3/c1-9(15-3)13(10(2)17)14(18)16-11-7-5-6-8-12(11)19-4/h5-8,17H,1-4H3,(H,16,18).